The number of carboxylic acids is 1. The second-order valence-electron chi connectivity index (χ2n) is 10.7. The maximum atomic E-state index is 14.2. The highest BCUT2D eigenvalue weighted by Gasteiger charge is 2.30. The van der Waals surface area contributed by atoms with Crippen molar-refractivity contribution in [2.24, 2.45) is 0 Å². The van der Waals surface area contributed by atoms with Gasteiger partial charge in [0.15, 0.2) is 11.6 Å². The minimum Gasteiger partial charge on any atom is -0.478 e. The van der Waals surface area contributed by atoms with Crippen LogP contribution in [0.3, 0.4) is 0 Å². The van der Waals surface area contributed by atoms with Gasteiger partial charge in [-0.15, -0.1) is 0 Å². The van der Waals surface area contributed by atoms with Crippen LogP contribution in [0.15, 0.2) is 66.2 Å². The van der Waals surface area contributed by atoms with Crippen molar-refractivity contribution < 1.29 is 28.2 Å². The molecule has 0 radical (unpaired) electrons. The molecule has 2 aliphatic rings. The SMILES string of the molecule is CC1(C)CC(c2ccc(Cl)cc2)=C(CN2CCN(c3ccc(C(=O)O)c(Oc4cccc(F)c4F)c3)CC2)CO1. The highest BCUT2D eigenvalue weighted by molar-refractivity contribution is 6.30. The number of hydrogen-bond acceptors (Lipinski definition) is 5. The molecule has 0 spiro atoms. The molecule has 0 saturated carbocycles. The highest BCUT2D eigenvalue weighted by Crippen LogP contribution is 2.36. The Kier molecular flexibility index (Phi) is 8.12. The zero-order valence-electron chi connectivity index (χ0n) is 22.4. The van der Waals surface area contributed by atoms with Gasteiger partial charge in [-0.1, -0.05) is 29.8 Å². The number of carbonyl (C=O) groups is 1. The average Bonchev–Trinajstić information content (AvgIpc) is 2.93. The molecule has 0 bridgehead atoms. The fraction of sp³-hybridized carbons (Fsp3) is 0.323. The Hall–Kier alpha value is -3.46. The number of piperazine rings is 1. The van der Waals surface area contributed by atoms with Gasteiger partial charge < -0.3 is 19.5 Å². The Labute approximate surface area is 237 Å². The van der Waals surface area contributed by atoms with Crippen LogP contribution in [0, 0.1) is 11.6 Å². The maximum Gasteiger partial charge on any atom is 0.339 e. The van der Waals surface area contributed by atoms with Crippen molar-refractivity contribution in [3.63, 3.8) is 0 Å². The summed E-state index contributed by atoms with van der Waals surface area (Å²) in [5, 5.41) is 10.3. The summed E-state index contributed by atoms with van der Waals surface area (Å²) >= 11 is 6.13. The smallest absolute Gasteiger partial charge is 0.339 e. The Bertz CT molecular complexity index is 1430. The van der Waals surface area contributed by atoms with Crippen molar-refractivity contribution in [1.29, 1.82) is 0 Å². The summed E-state index contributed by atoms with van der Waals surface area (Å²) in [5.74, 6) is -3.86. The molecule has 0 aromatic heterocycles. The lowest BCUT2D eigenvalue weighted by Crippen LogP contribution is -2.47. The highest BCUT2D eigenvalue weighted by atomic mass is 35.5. The molecule has 40 heavy (non-hydrogen) atoms. The number of aromatic carboxylic acids is 1. The summed E-state index contributed by atoms with van der Waals surface area (Å²) in [6.45, 7) is 8.55. The second-order valence-corrected chi connectivity index (χ2v) is 11.2. The molecule has 9 heteroatoms. The van der Waals surface area contributed by atoms with Crippen LogP contribution in [0.4, 0.5) is 14.5 Å². The van der Waals surface area contributed by atoms with E-state index in [1.54, 1.807) is 12.1 Å². The van der Waals surface area contributed by atoms with Crippen LogP contribution in [0.2, 0.25) is 5.02 Å². The van der Waals surface area contributed by atoms with Gasteiger partial charge in [0.1, 0.15) is 11.3 Å². The molecule has 3 aromatic rings. The number of rotatable bonds is 7. The molecule has 0 amide bonds. The van der Waals surface area contributed by atoms with E-state index in [0.29, 0.717) is 24.7 Å². The number of hydrogen-bond donors (Lipinski definition) is 1. The van der Waals surface area contributed by atoms with E-state index in [0.717, 1.165) is 43.4 Å². The van der Waals surface area contributed by atoms with Crippen LogP contribution in [0.5, 0.6) is 11.5 Å². The maximum absolute atomic E-state index is 14.2. The molecule has 1 fully saturated rings. The van der Waals surface area contributed by atoms with Gasteiger partial charge in [0.2, 0.25) is 5.82 Å². The molecule has 1 N–H and O–H groups in total. The quantitative estimate of drug-likeness (QED) is 0.335. The van der Waals surface area contributed by atoms with E-state index in [2.05, 4.69) is 35.8 Å². The molecule has 0 aliphatic carbocycles. The Morgan fingerprint density at radius 3 is 2.45 bits per heavy atom. The third-order valence-corrected chi connectivity index (χ3v) is 7.59. The summed E-state index contributed by atoms with van der Waals surface area (Å²) in [4.78, 5) is 16.3. The minimum atomic E-state index is -1.22. The molecular weight excluding hydrogens is 538 g/mol. The third kappa shape index (κ3) is 6.30. The lowest BCUT2D eigenvalue weighted by atomic mass is 9.87. The Morgan fingerprint density at radius 1 is 1.02 bits per heavy atom. The molecular formula is C31H31ClF2N2O4. The Morgan fingerprint density at radius 2 is 1.75 bits per heavy atom. The van der Waals surface area contributed by atoms with E-state index in [9.17, 15) is 18.7 Å². The van der Waals surface area contributed by atoms with Gasteiger partial charge in [0.05, 0.1) is 12.2 Å². The van der Waals surface area contributed by atoms with Gasteiger partial charge in [-0.05, 0) is 67.0 Å². The van der Waals surface area contributed by atoms with Gasteiger partial charge in [-0.3, -0.25) is 4.90 Å². The summed E-state index contributed by atoms with van der Waals surface area (Å²) in [5.41, 5.74) is 4.09. The minimum absolute atomic E-state index is 0.0448. The van der Waals surface area contributed by atoms with Crippen molar-refractivity contribution in [1.82, 2.24) is 4.90 Å². The predicted octanol–water partition coefficient (Wildman–Crippen LogP) is 6.88. The molecule has 6 nitrogen and oxygen atoms in total. The zero-order valence-corrected chi connectivity index (χ0v) is 23.2. The normalized spacial score (nSPS) is 17.7. The van der Waals surface area contributed by atoms with Crippen molar-refractivity contribution >= 4 is 28.8 Å². The molecule has 1 saturated heterocycles. The van der Waals surface area contributed by atoms with Crippen LogP contribution in [0.1, 0.15) is 36.2 Å². The first-order valence-corrected chi connectivity index (χ1v) is 13.5. The summed E-state index contributed by atoms with van der Waals surface area (Å²) in [6.07, 6.45) is 0.814. The van der Waals surface area contributed by atoms with Crippen LogP contribution in [-0.2, 0) is 4.74 Å². The first kappa shape index (κ1) is 28.1. The first-order valence-electron chi connectivity index (χ1n) is 13.2. The van der Waals surface area contributed by atoms with Gasteiger partial charge in [-0.25, -0.2) is 9.18 Å². The average molecular weight is 569 g/mol. The molecule has 210 valence electrons. The topological polar surface area (TPSA) is 62.2 Å². The fourth-order valence-electron chi connectivity index (χ4n) is 5.15. The van der Waals surface area contributed by atoms with Crippen LogP contribution < -0.4 is 9.64 Å². The van der Waals surface area contributed by atoms with E-state index in [-0.39, 0.29) is 22.7 Å². The number of ether oxygens (including phenoxy) is 2. The van der Waals surface area contributed by atoms with E-state index in [4.69, 9.17) is 21.1 Å². The van der Waals surface area contributed by atoms with Crippen LogP contribution >= 0.6 is 11.6 Å². The van der Waals surface area contributed by atoms with Crippen molar-refractivity contribution in [2.45, 2.75) is 25.9 Å². The molecule has 3 aromatic carbocycles. The van der Waals surface area contributed by atoms with E-state index >= 15 is 0 Å². The van der Waals surface area contributed by atoms with Crippen molar-refractivity contribution in [3.05, 3.63) is 94.0 Å². The molecule has 0 unspecified atom stereocenters. The first-order chi connectivity index (χ1) is 19.1. The van der Waals surface area contributed by atoms with Crippen molar-refractivity contribution in [2.75, 3.05) is 44.2 Å². The summed E-state index contributed by atoms with van der Waals surface area (Å²) < 4.78 is 39.6. The van der Waals surface area contributed by atoms with Gasteiger partial charge in [-0.2, -0.15) is 4.39 Å². The van der Waals surface area contributed by atoms with Gasteiger partial charge in [0, 0.05) is 55.9 Å². The third-order valence-electron chi connectivity index (χ3n) is 7.34. The molecule has 5 rings (SSSR count). The largest absolute Gasteiger partial charge is 0.478 e. The Balaban J connectivity index is 1.31. The number of nitrogens with zero attached hydrogens (tertiary/aromatic N) is 2. The summed E-state index contributed by atoms with van der Waals surface area (Å²) in [7, 11) is 0. The number of anilines is 1. The summed E-state index contributed by atoms with van der Waals surface area (Å²) in [6, 6.07) is 16.2. The second kappa shape index (κ2) is 11.6. The standard InChI is InChI=1S/C31H31ClF2N2O4/c1-31(2)17-25(20-6-8-22(32)9-7-20)21(19-39-31)18-35-12-14-36(15-13-35)23-10-11-24(30(37)38)28(16-23)40-27-5-3-4-26(33)29(27)34/h3-11,16H,12-15,17-19H2,1-2H3,(H,37,38). The molecule has 0 atom stereocenters. The van der Waals surface area contributed by atoms with Gasteiger partial charge in [0.25, 0.3) is 0 Å². The number of halogens is 3. The fourth-order valence-corrected chi connectivity index (χ4v) is 5.28. The lowest BCUT2D eigenvalue weighted by Gasteiger charge is -2.39. The van der Waals surface area contributed by atoms with E-state index in [1.807, 2.05) is 12.1 Å². The number of carboxylic acid groups (broad SMARTS) is 1. The lowest BCUT2D eigenvalue weighted by molar-refractivity contribution is -0.0101. The van der Waals surface area contributed by atoms with Crippen molar-refractivity contribution in [3.8, 4) is 11.5 Å². The van der Waals surface area contributed by atoms with E-state index < -0.39 is 17.6 Å². The zero-order chi connectivity index (χ0) is 28.4. The predicted molar refractivity (Wildman–Crippen MR) is 152 cm³/mol. The number of benzene rings is 3. The van der Waals surface area contributed by atoms with E-state index in [1.165, 1.54) is 29.3 Å². The van der Waals surface area contributed by atoms with Crippen LogP contribution in [-0.4, -0.2) is 60.9 Å². The molecule has 2 aliphatic heterocycles. The monoisotopic (exact) mass is 568 g/mol. The van der Waals surface area contributed by atoms with Crippen LogP contribution in [0.25, 0.3) is 5.57 Å². The van der Waals surface area contributed by atoms with Gasteiger partial charge >= 0.3 is 5.97 Å². The molecule has 2 heterocycles.